The standard InChI is InChI=1S/C9H17FO/c1-2-3-4-5-6-7-8-9(10)11-8/h8-9H,2-7H2,1H3. The Kier molecular flexibility index (Phi) is 3.84. The molecule has 1 aliphatic heterocycles. The Hall–Kier alpha value is -0.110. The van der Waals surface area contributed by atoms with Crippen molar-refractivity contribution >= 4 is 0 Å². The molecular formula is C9H17FO. The summed E-state index contributed by atoms with van der Waals surface area (Å²) in [5.41, 5.74) is 0. The summed E-state index contributed by atoms with van der Waals surface area (Å²) in [6, 6.07) is 0. The molecule has 1 fully saturated rings. The van der Waals surface area contributed by atoms with Gasteiger partial charge in [0.1, 0.15) is 6.10 Å². The van der Waals surface area contributed by atoms with Crippen LogP contribution in [0, 0.1) is 0 Å². The monoisotopic (exact) mass is 160 g/mol. The van der Waals surface area contributed by atoms with E-state index in [-0.39, 0.29) is 6.10 Å². The minimum absolute atomic E-state index is 0.0448. The highest BCUT2D eigenvalue weighted by Gasteiger charge is 2.37. The van der Waals surface area contributed by atoms with E-state index in [1.54, 1.807) is 0 Å². The fourth-order valence-electron chi connectivity index (χ4n) is 1.27. The van der Waals surface area contributed by atoms with Crippen molar-refractivity contribution in [3.63, 3.8) is 0 Å². The molecule has 1 aliphatic rings. The Morgan fingerprint density at radius 1 is 1.18 bits per heavy atom. The average Bonchev–Trinajstić information content (AvgIpc) is 2.67. The first kappa shape index (κ1) is 8.98. The van der Waals surface area contributed by atoms with Crippen LogP contribution in [0.15, 0.2) is 0 Å². The Balaban J connectivity index is 1.74. The lowest BCUT2D eigenvalue weighted by molar-refractivity contribution is 0.263. The van der Waals surface area contributed by atoms with E-state index in [1.807, 2.05) is 0 Å². The van der Waals surface area contributed by atoms with E-state index in [0.29, 0.717) is 0 Å². The van der Waals surface area contributed by atoms with Crippen molar-refractivity contribution in [2.45, 2.75) is 57.9 Å². The Morgan fingerprint density at radius 2 is 1.82 bits per heavy atom. The van der Waals surface area contributed by atoms with E-state index < -0.39 is 6.36 Å². The molecule has 0 N–H and O–H groups in total. The van der Waals surface area contributed by atoms with Gasteiger partial charge in [-0.1, -0.05) is 39.0 Å². The molecule has 0 amide bonds. The molecule has 0 bridgehead atoms. The van der Waals surface area contributed by atoms with Crippen molar-refractivity contribution in [1.29, 1.82) is 0 Å². The molecule has 0 aromatic rings. The van der Waals surface area contributed by atoms with Crippen LogP contribution in [0.5, 0.6) is 0 Å². The second kappa shape index (κ2) is 4.70. The van der Waals surface area contributed by atoms with Crippen LogP contribution in [0.1, 0.15) is 45.4 Å². The van der Waals surface area contributed by atoms with E-state index in [1.165, 1.54) is 25.7 Å². The third-order valence-corrected chi connectivity index (χ3v) is 2.11. The highest BCUT2D eigenvalue weighted by Crippen LogP contribution is 2.28. The maximum absolute atomic E-state index is 12.1. The molecule has 2 heteroatoms. The van der Waals surface area contributed by atoms with E-state index >= 15 is 0 Å². The lowest BCUT2D eigenvalue weighted by atomic mass is 10.1. The number of alkyl halides is 1. The fourth-order valence-corrected chi connectivity index (χ4v) is 1.27. The van der Waals surface area contributed by atoms with Crippen molar-refractivity contribution in [3.8, 4) is 0 Å². The lowest BCUT2D eigenvalue weighted by Gasteiger charge is -1.96. The molecule has 0 spiro atoms. The van der Waals surface area contributed by atoms with Gasteiger partial charge in [0.25, 0.3) is 0 Å². The maximum Gasteiger partial charge on any atom is 0.225 e. The smallest absolute Gasteiger partial charge is 0.225 e. The van der Waals surface area contributed by atoms with Crippen molar-refractivity contribution in [2.24, 2.45) is 0 Å². The number of hydrogen-bond donors (Lipinski definition) is 0. The summed E-state index contributed by atoms with van der Waals surface area (Å²) < 4.78 is 16.8. The van der Waals surface area contributed by atoms with Gasteiger partial charge in [-0.15, -0.1) is 0 Å². The van der Waals surface area contributed by atoms with Crippen LogP contribution in [0.4, 0.5) is 4.39 Å². The normalized spacial score (nSPS) is 28.9. The van der Waals surface area contributed by atoms with Crippen LogP contribution in [0.25, 0.3) is 0 Å². The van der Waals surface area contributed by atoms with Crippen LogP contribution in [-0.4, -0.2) is 12.5 Å². The van der Waals surface area contributed by atoms with Crippen LogP contribution in [0.2, 0.25) is 0 Å². The summed E-state index contributed by atoms with van der Waals surface area (Å²) in [6.07, 6.45) is 6.19. The molecule has 1 rings (SSSR count). The second-order valence-electron chi connectivity index (χ2n) is 3.23. The van der Waals surface area contributed by atoms with Crippen molar-refractivity contribution in [1.82, 2.24) is 0 Å². The molecule has 1 saturated heterocycles. The van der Waals surface area contributed by atoms with Crippen LogP contribution >= 0.6 is 0 Å². The quantitative estimate of drug-likeness (QED) is 0.430. The van der Waals surface area contributed by atoms with Gasteiger partial charge >= 0.3 is 0 Å². The highest BCUT2D eigenvalue weighted by molar-refractivity contribution is 4.74. The summed E-state index contributed by atoms with van der Waals surface area (Å²) >= 11 is 0. The molecule has 11 heavy (non-hydrogen) atoms. The van der Waals surface area contributed by atoms with Gasteiger partial charge in [-0.3, -0.25) is 0 Å². The Bertz CT molecular complexity index is 106. The molecule has 0 radical (unpaired) electrons. The zero-order chi connectivity index (χ0) is 8.10. The summed E-state index contributed by atoms with van der Waals surface area (Å²) in [5, 5.41) is 0. The third kappa shape index (κ3) is 3.71. The topological polar surface area (TPSA) is 12.5 Å². The zero-order valence-electron chi connectivity index (χ0n) is 7.18. The Morgan fingerprint density at radius 3 is 2.36 bits per heavy atom. The predicted molar refractivity (Wildman–Crippen MR) is 43.1 cm³/mol. The largest absolute Gasteiger partial charge is 0.337 e. The highest BCUT2D eigenvalue weighted by atomic mass is 19.2. The maximum atomic E-state index is 12.1. The van der Waals surface area contributed by atoms with Gasteiger partial charge in [0.15, 0.2) is 0 Å². The molecule has 0 aromatic carbocycles. The molecular weight excluding hydrogens is 143 g/mol. The average molecular weight is 160 g/mol. The number of epoxide rings is 1. The van der Waals surface area contributed by atoms with Gasteiger partial charge in [-0.25, -0.2) is 4.39 Å². The molecule has 66 valence electrons. The molecule has 1 nitrogen and oxygen atoms in total. The second-order valence-corrected chi connectivity index (χ2v) is 3.23. The molecule has 2 unspecified atom stereocenters. The SMILES string of the molecule is CCCCCCCC1OC1F. The molecule has 0 aliphatic carbocycles. The van der Waals surface area contributed by atoms with Crippen molar-refractivity contribution < 1.29 is 9.13 Å². The first-order valence-corrected chi connectivity index (χ1v) is 4.64. The first-order chi connectivity index (χ1) is 5.34. The van der Waals surface area contributed by atoms with Gasteiger partial charge in [-0.05, 0) is 6.42 Å². The molecule has 2 atom stereocenters. The summed E-state index contributed by atoms with van der Waals surface area (Å²) in [7, 11) is 0. The predicted octanol–water partition coefficient (Wildman–Crippen LogP) is 3.04. The molecule has 0 aromatic heterocycles. The van der Waals surface area contributed by atoms with Crippen molar-refractivity contribution in [3.05, 3.63) is 0 Å². The minimum atomic E-state index is -0.929. The summed E-state index contributed by atoms with van der Waals surface area (Å²) in [4.78, 5) is 0. The van der Waals surface area contributed by atoms with Gasteiger partial charge in [0, 0.05) is 0 Å². The Labute approximate surface area is 67.9 Å². The van der Waals surface area contributed by atoms with Gasteiger partial charge in [0.2, 0.25) is 6.36 Å². The first-order valence-electron chi connectivity index (χ1n) is 4.64. The number of halogens is 1. The molecule has 0 saturated carbocycles. The minimum Gasteiger partial charge on any atom is -0.337 e. The number of ether oxygens (including phenoxy) is 1. The lowest BCUT2D eigenvalue weighted by Crippen LogP contribution is -1.88. The van der Waals surface area contributed by atoms with Crippen LogP contribution in [-0.2, 0) is 4.74 Å². The number of rotatable bonds is 6. The van der Waals surface area contributed by atoms with Gasteiger partial charge in [0.05, 0.1) is 0 Å². The zero-order valence-corrected chi connectivity index (χ0v) is 7.18. The number of hydrogen-bond acceptors (Lipinski definition) is 1. The fraction of sp³-hybridized carbons (Fsp3) is 1.00. The van der Waals surface area contributed by atoms with E-state index in [0.717, 1.165) is 12.8 Å². The van der Waals surface area contributed by atoms with Crippen LogP contribution in [0.3, 0.4) is 0 Å². The van der Waals surface area contributed by atoms with Gasteiger partial charge < -0.3 is 4.74 Å². The third-order valence-electron chi connectivity index (χ3n) is 2.11. The van der Waals surface area contributed by atoms with E-state index in [2.05, 4.69) is 11.7 Å². The van der Waals surface area contributed by atoms with Crippen LogP contribution < -0.4 is 0 Å². The summed E-state index contributed by atoms with van der Waals surface area (Å²) in [5.74, 6) is 0. The van der Waals surface area contributed by atoms with Crippen molar-refractivity contribution in [2.75, 3.05) is 0 Å². The number of unbranched alkanes of at least 4 members (excludes halogenated alkanes) is 4. The van der Waals surface area contributed by atoms with Gasteiger partial charge in [-0.2, -0.15) is 0 Å². The van der Waals surface area contributed by atoms with E-state index in [4.69, 9.17) is 0 Å². The summed E-state index contributed by atoms with van der Waals surface area (Å²) in [6.45, 7) is 2.20. The molecule has 1 heterocycles. The van der Waals surface area contributed by atoms with E-state index in [9.17, 15) is 4.39 Å².